The number of hydrogen-bond donors (Lipinski definition) is 2. The molecule has 0 radical (unpaired) electrons. The SMILES string of the molecule is COc1c(C(=O)O)cc(-c2nc(N)nc(C)c2Cl)c(OC)c1OC. The van der Waals surface area contributed by atoms with Crippen molar-refractivity contribution in [1.82, 2.24) is 9.97 Å². The maximum atomic E-state index is 11.6. The molecule has 0 fully saturated rings. The molecule has 0 unspecified atom stereocenters. The van der Waals surface area contributed by atoms with Gasteiger partial charge in [0.1, 0.15) is 5.56 Å². The van der Waals surface area contributed by atoms with Crippen molar-refractivity contribution in [1.29, 1.82) is 0 Å². The molecule has 3 N–H and O–H groups in total. The number of ether oxygens (including phenoxy) is 3. The highest BCUT2D eigenvalue weighted by molar-refractivity contribution is 6.33. The standard InChI is InChI=1S/C15H16ClN3O5/c1-6-9(16)10(19-15(17)18-6)7-5-8(14(20)21)12(23-3)13(24-4)11(7)22-2/h5H,1-4H3,(H,20,21)(H2,17,18,19). The Morgan fingerprint density at radius 3 is 2.21 bits per heavy atom. The fourth-order valence-corrected chi connectivity index (χ4v) is 2.49. The van der Waals surface area contributed by atoms with E-state index >= 15 is 0 Å². The highest BCUT2D eigenvalue weighted by Crippen LogP contribution is 2.47. The molecule has 0 aliphatic heterocycles. The number of aryl methyl sites for hydroxylation is 1. The number of hydrogen-bond acceptors (Lipinski definition) is 7. The van der Waals surface area contributed by atoms with Gasteiger partial charge in [-0.25, -0.2) is 14.8 Å². The molecule has 0 spiro atoms. The van der Waals surface area contributed by atoms with Gasteiger partial charge in [0, 0.05) is 5.56 Å². The Kier molecular flexibility index (Phi) is 4.99. The topological polar surface area (TPSA) is 117 Å². The molecule has 8 nitrogen and oxygen atoms in total. The van der Waals surface area contributed by atoms with E-state index in [0.29, 0.717) is 11.3 Å². The number of methoxy groups -OCH3 is 3. The van der Waals surface area contributed by atoms with Gasteiger partial charge in [-0.1, -0.05) is 11.6 Å². The molecule has 0 saturated carbocycles. The predicted octanol–water partition coefficient (Wildman–Crippen LogP) is 2.41. The molecule has 0 bridgehead atoms. The van der Waals surface area contributed by atoms with Crippen LogP contribution in [0.15, 0.2) is 6.07 Å². The van der Waals surface area contributed by atoms with E-state index in [9.17, 15) is 9.90 Å². The predicted molar refractivity (Wildman–Crippen MR) is 88.2 cm³/mol. The molecule has 1 aromatic carbocycles. The highest BCUT2D eigenvalue weighted by atomic mass is 35.5. The van der Waals surface area contributed by atoms with Crippen LogP contribution < -0.4 is 19.9 Å². The lowest BCUT2D eigenvalue weighted by molar-refractivity contribution is 0.0692. The van der Waals surface area contributed by atoms with Gasteiger partial charge in [-0.2, -0.15) is 0 Å². The Bertz CT molecular complexity index is 810. The first kappa shape index (κ1) is 17.6. The lowest BCUT2D eigenvalue weighted by atomic mass is 10.0. The largest absolute Gasteiger partial charge is 0.492 e. The van der Waals surface area contributed by atoms with E-state index in [1.54, 1.807) is 6.92 Å². The van der Waals surface area contributed by atoms with Crippen molar-refractivity contribution in [3.63, 3.8) is 0 Å². The molecule has 1 heterocycles. The summed E-state index contributed by atoms with van der Waals surface area (Å²) in [6.45, 7) is 1.66. The summed E-state index contributed by atoms with van der Waals surface area (Å²) in [6, 6.07) is 1.34. The van der Waals surface area contributed by atoms with Gasteiger partial charge in [-0.3, -0.25) is 0 Å². The number of aromatic carboxylic acids is 1. The van der Waals surface area contributed by atoms with Crippen molar-refractivity contribution < 1.29 is 24.1 Å². The van der Waals surface area contributed by atoms with Gasteiger partial charge in [-0.15, -0.1) is 0 Å². The maximum absolute atomic E-state index is 11.6. The summed E-state index contributed by atoms with van der Waals surface area (Å²) in [5, 5.41) is 9.69. The van der Waals surface area contributed by atoms with Crippen LogP contribution in [0.25, 0.3) is 11.3 Å². The van der Waals surface area contributed by atoms with E-state index < -0.39 is 5.97 Å². The molecular formula is C15H16ClN3O5. The zero-order valence-electron chi connectivity index (χ0n) is 13.5. The van der Waals surface area contributed by atoms with Crippen LogP contribution in [-0.2, 0) is 0 Å². The van der Waals surface area contributed by atoms with E-state index in [1.165, 1.54) is 27.4 Å². The number of nitrogens with two attached hydrogens (primary N) is 1. The van der Waals surface area contributed by atoms with Crippen molar-refractivity contribution in [2.75, 3.05) is 27.1 Å². The quantitative estimate of drug-likeness (QED) is 0.841. The van der Waals surface area contributed by atoms with Crippen LogP contribution in [0.1, 0.15) is 16.1 Å². The Balaban J connectivity index is 2.94. The number of halogens is 1. The van der Waals surface area contributed by atoms with Crippen molar-refractivity contribution >= 4 is 23.5 Å². The maximum Gasteiger partial charge on any atom is 0.339 e. The second-order valence-electron chi connectivity index (χ2n) is 4.71. The number of nitrogen functional groups attached to an aromatic ring is 1. The third kappa shape index (κ3) is 2.88. The molecule has 0 aliphatic carbocycles. The van der Waals surface area contributed by atoms with Crippen LogP contribution >= 0.6 is 11.6 Å². The number of carbonyl (C=O) groups is 1. The minimum atomic E-state index is -1.20. The second kappa shape index (κ2) is 6.79. The Labute approximate surface area is 143 Å². The Morgan fingerprint density at radius 2 is 1.71 bits per heavy atom. The highest BCUT2D eigenvalue weighted by Gasteiger charge is 2.27. The van der Waals surface area contributed by atoms with Crippen LogP contribution in [-0.4, -0.2) is 42.4 Å². The normalized spacial score (nSPS) is 10.4. The molecule has 128 valence electrons. The molecule has 2 aromatic rings. The number of carboxylic acid groups (broad SMARTS) is 1. The Morgan fingerprint density at radius 1 is 1.12 bits per heavy atom. The third-order valence-electron chi connectivity index (χ3n) is 3.32. The van der Waals surface area contributed by atoms with Gasteiger partial charge >= 0.3 is 5.97 Å². The summed E-state index contributed by atoms with van der Waals surface area (Å²) in [6.07, 6.45) is 0. The van der Waals surface area contributed by atoms with E-state index in [1.807, 2.05) is 0 Å². The van der Waals surface area contributed by atoms with Crippen molar-refractivity contribution in [3.8, 4) is 28.5 Å². The molecule has 24 heavy (non-hydrogen) atoms. The summed E-state index contributed by atoms with van der Waals surface area (Å²) < 4.78 is 15.8. The number of nitrogens with zero attached hydrogens (tertiary/aromatic N) is 2. The number of rotatable bonds is 5. The fraction of sp³-hybridized carbons (Fsp3) is 0.267. The number of benzene rings is 1. The van der Waals surface area contributed by atoms with Crippen LogP contribution in [0.4, 0.5) is 5.95 Å². The molecule has 0 aliphatic rings. The van der Waals surface area contributed by atoms with Crippen molar-refractivity contribution in [2.24, 2.45) is 0 Å². The molecular weight excluding hydrogens is 338 g/mol. The minimum absolute atomic E-state index is 0.000568. The van der Waals surface area contributed by atoms with Crippen LogP contribution in [0.5, 0.6) is 17.2 Å². The van der Waals surface area contributed by atoms with Gasteiger partial charge in [0.05, 0.1) is 37.7 Å². The molecule has 0 amide bonds. The van der Waals surface area contributed by atoms with Gasteiger partial charge in [-0.05, 0) is 13.0 Å². The van der Waals surface area contributed by atoms with Gasteiger partial charge < -0.3 is 25.1 Å². The summed E-state index contributed by atoms with van der Waals surface area (Å²) in [5.74, 6) is -0.843. The second-order valence-corrected chi connectivity index (χ2v) is 5.08. The summed E-state index contributed by atoms with van der Waals surface area (Å²) in [4.78, 5) is 19.7. The molecule has 9 heteroatoms. The van der Waals surface area contributed by atoms with Gasteiger partial charge in [0.15, 0.2) is 11.5 Å². The van der Waals surface area contributed by atoms with Crippen LogP contribution in [0.2, 0.25) is 5.02 Å². The smallest absolute Gasteiger partial charge is 0.339 e. The first-order chi connectivity index (χ1) is 11.3. The molecule has 0 atom stereocenters. The third-order valence-corrected chi connectivity index (χ3v) is 3.77. The lowest BCUT2D eigenvalue weighted by Gasteiger charge is -2.18. The van der Waals surface area contributed by atoms with Crippen LogP contribution in [0, 0.1) is 6.92 Å². The number of anilines is 1. The first-order valence-electron chi connectivity index (χ1n) is 6.71. The average molecular weight is 354 g/mol. The zero-order chi connectivity index (χ0) is 18.0. The lowest BCUT2D eigenvalue weighted by Crippen LogP contribution is -2.07. The summed E-state index contributed by atoms with van der Waals surface area (Å²) in [7, 11) is 4.12. The van der Waals surface area contributed by atoms with E-state index in [2.05, 4.69) is 9.97 Å². The van der Waals surface area contributed by atoms with Gasteiger partial charge in [0.25, 0.3) is 0 Å². The number of carboxylic acids is 1. The summed E-state index contributed by atoms with van der Waals surface area (Å²) >= 11 is 6.27. The van der Waals surface area contributed by atoms with E-state index in [-0.39, 0.29) is 39.5 Å². The Hall–Kier alpha value is -2.74. The first-order valence-corrected chi connectivity index (χ1v) is 7.09. The van der Waals surface area contributed by atoms with Crippen LogP contribution in [0.3, 0.4) is 0 Å². The fourth-order valence-electron chi connectivity index (χ4n) is 2.31. The monoisotopic (exact) mass is 353 g/mol. The van der Waals surface area contributed by atoms with E-state index in [0.717, 1.165) is 0 Å². The zero-order valence-corrected chi connectivity index (χ0v) is 14.3. The molecule has 2 rings (SSSR count). The molecule has 1 aromatic heterocycles. The number of aromatic nitrogens is 2. The van der Waals surface area contributed by atoms with E-state index in [4.69, 9.17) is 31.5 Å². The average Bonchev–Trinajstić information content (AvgIpc) is 2.55. The summed E-state index contributed by atoms with van der Waals surface area (Å²) in [5.41, 5.74) is 6.55. The van der Waals surface area contributed by atoms with Crippen molar-refractivity contribution in [2.45, 2.75) is 6.92 Å². The minimum Gasteiger partial charge on any atom is -0.492 e. The van der Waals surface area contributed by atoms with Gasteiger partial charge in [0.2, 0.25) is 11.7 Å². The molecule has 0 saturated heterocycles. The van der Waals surface area contributed by atoms with Crippen molar-refractivity contribution in [3.05, 3.63) is 22.3 Å².